The Hall–Kier alpha value is 0.0900. The fourth-order valence-electron chi connectivity index (χ4n) is 2.04. The molecule has 0 bridgehead atoms. The Morgan fingerprint density at radius 3 is 2.84 bits per heavy atom. The number of aliphatic imine (C=N–C) groups is 1. The predicted molar refractivity (Wildman–Crippen MR) is 98.9 cm³/mol. The Bertz CT molecular complexity index is 292. The number of rotatable bonds is 4. The van der Waals surface area contributed by atoms with Crippen molar-refractivity contribution in [2.75, 3.05) is 32.4 Å². The summed E-state index contributed by atoms with van der Waals surface area (Å²) in [6.07, 6.45) is 5.34. The maximum absolute atomic E-state index is 4.40. The first-order valence-electron chi connectivity index (χ1n) is 6.87. The van der Waals surface area contributed by atoms with Gasteiger partial charge in [-0.25, -0.2) is 0 Å². The van der Waals surface area contributed by atoms with Crippen molar-refractivity contribution < 1.29 is 0 Å². The zero-order valence-electron chi connectivity index (χ0n) is 12.6. The zero-order valence-corrected chi connectivity index (χ0v) is 15.7. The molecular formula is C14H28IN3S. The fraction of sp³-hybridized carbons (Fsp3) is 0.786. The van der Waals surface area contributed by atoms with E-state index in [1.807, 2.05) is 7.05 Å². The van der Waals surface area contributed by atoms with Gasteiger partial charge in [-0.05, 0) is 19.3 Å². The molecule has 1 heterocycles. The molecule has 0 aromatic heterocycles. The van der Waals surface area contributed by atoms with E-state index in [0.29, 0.717) is 0 Å². The van der Waals surface area contributed by atoms with Crippen LogP contribution >= 0.6 is 35.7 Å². The molecule has 19 heavy (non-hydrogen) atoms. The summed E-state index contributed by atoms with van der Waals surface area (Å²) in [5.74, 6) is 3.00. The van der Waals surface area contributed by atoms with Crippen LogP contribution in [0.25, 0.3) is 0 Å². The van der Waals surface area contributed by atoms with Crippen LogP contribution in [0.5, 0.6) is 0 Å². The van der Waals surface area contributed by atoms with Crippen LogP contribution in [0.4, 0.5) is 0 Å². The second-order valence-electron chi connectivity index (χ2n) is 4.93. The number of allylic oxidation sites excluding steroid dienone is 1. The second kappa shape index (κ2) is 10.8. The molecule has 1 atom stereocenters. The van der Waals surface area contributed by atoms with Gasteiger partial charge in [-0.2, -0.15) is 11.8 Å². The smallest absolute Gasteiger partial charge is 0.193 e. The van der Waals surface area contributed by atoms with Crippen molar-refractivity contribution in [3.8, 4) is 0 Å². The summed E-state index contributed by atoms with van der Waals surface area (Å²) in [4.78, 5) is 6.80. The minimum absolute atomic E-state index is 0. The molecular weight excluding hydrogens is 369 g/mol. The Balaban J connectivity index is 0.00000324. The maximum atomic E-state index is 4.40. The van der Waals surface area contributed by atoms with Crippen LogP contribution < -0.4 is 5.32 Å². The van der Waals surface area contributed by atoms with Crippen molar-refractivity contribution in [3.05, 3.63) is 12.2 Å². The van der Waals surface area contributed by atoms with Crippen molar-refractivity contribution in [1.29, 1.82) is 0 Å². The van der Waals surface area contributed by atoms with Crippen molar-refractivity contribution in [1.82, 2.24) is 10.2 Å². The van der Waals surface area contributed by atoms with Crippen molar-refractivity contribution >= 4 is 41.7 Å². The summed E-state index contributed by atoms with van der Waals surface area (Å²) >= 11 is 2.10. The van der Waals surface area contributed by atoms with E-state index >= 15 is 0 Å². The largest absolute Gasteiger partial charge is 0.356 e. The van der Waals surface area contributed by atoms with E-state index in [1.165, 1.54) is 5.75 Å². The highest BCUT2D eigenvalue weighted by Gasteiger charge is 2.24. The van der Waals surface area contributed by atoms with Crippen LogP contribution in [0.2, 0.25) is 0 Å². The average molecular weight is 397 g/mol. The maximum Gasteiger partial charge on any atom is 0.193 e. The van der Waals surface area contributed by atoms with Gasteiger partial charge in [0.25, 0.3) is 0 Å². The summed E-state index contributed by atoms with van der Waals surface area (Å²) in [7, 11) is 1.88. The van der Waals surface area contributed by atoms with Gasteiger partial charge in [0, 0.05) is 37.7 Å². The molecule has 5 heteroatoms. The summed E-state index contributed by atoms with van der Waals surface area (Å²) in [6, 6.07) is 0. The van der Waals surface area contributed by atoms with E-state index in [4.69, 9.17) is 0 Å². The van der Waals surface area contributed by atoms with Crippen molar-refractivity contribution in [2.45, 2.75) is 32.4 Å². The van der Waals surface area contributed by atoms with Gasteiger partial charge in [0.05, 0.1) is 0 Å². The van der Waals surface area contributed by atoms with Gasteiger partial charge in [-0.15, -0.1) is 24.0 Å². The van der Waals surface area contributed by atoms with Gasteiger partial charge in [-0.3, -0.25) is 4.99 Å². The SMILES string of the molecule is C/C=C/CCNC(=NC)N1CCSC(C(C)C)C1.I. The van der Waals surface area contributed by atoms with E-state index in [-0.39, 0.29) is 24.0 Å². The van der Waals surface area contributed by atoms with Crippen LogP contribution in [-0.2, 0) is 0 Å². The third kappa shape index (κ3) is 6.88. The summed E-state index contributed by atoms with van der Waals surface area (Å²) in [5.41, 5.74) is 0. The lowest BCUT2D eigenvalue weighted by molar-refractivity contribution is 0.381. The number of nitrogens with zero attached hydrogens (tertiary/aromatic N) is 2. The summed E-state index contributed by atoms with van der Waals surface area (Å²) in [6.45, 7) is 9.87. The van der Waals surface area contributed by atoms with Gasteiger partial charge in [0.2, 0.25) is 0 Å². The quantitative estimate of drug-likeness (QED) is 0.260. The minimum atomic E-state index is 0. The van der Waals surface area contributed by atoms with Gasteiger partial charge in [0.15, 0.2) is 5.96 Å². The first-order chi connectivity index (χ1) is 8.69. The van der Waals surface area contributed by atoms with Gasteiger partial charge in [0.1, 0.15) is 0 Å². The van der Waals surface area contributed by atoms with Crippen LogP contribution in [0.15, 0.2) is 17.1 Å². The lowest BCUT2D eigenvalue weighted by atomic mass is 10.1. The van der Waals surface area contributed by atoms with Crippen LogP contribution in [-0.4, -0.2) is 48.5 Å². The van der Waals surface area contributed by atoms with Gasteiger partial charge in [-0.1, -0.05) is 26.0 Å². The molecule has 1 N–H and O–H groups in total. The third-order valence-corrected chi connectivity index (χ3v) is 4.72. The van der Waals surface area contributed by atoms with Crippen LogP contribution in [0.3, 0.4) is 0 Å². The first-order valence-corrected chi connectivity index (χ1v) is 7.92. The number of halogens is 1. The molecule has 0 spiro atoms. The van der Waals surface area contributed by atoms with E-state index in [1.54, 1.807) is 0 Å². The molecule has 1 fully saturated rings. The monoisotopic (exact) mass is 397 g/mol. The topological polar surface area (TPSA) is 27.6 Å². The minimum Gasteiger partial charge on any atom is -0.356 e. The Labute approximate surface area is 139 Å². The highest BCUT2D eigenvalue weighted by atomic mass is 127. The molecule has 0 saturated carbocycles. The molecule has 1 rings (SSSR count). The highest BCUT2D eigenvalue weighted by Crippen LogP contribution is 2.24. The van der Waals surface area contributed by atoms with E-state index < -0.39 is 0 Å². The number of thioether (sulfide) groups is 1. The van der Waals surface area contributed by atoms with E-state index in [9.17, 15) is 0 Å². The van der Waals surface area contributed by atoms with Crippen molar-refractivity contribution in [3.63, 3.8) is 0 Å². The highest BCUT2D eigenvalue weighted by molar-refractivity contribution is 14.0. The van der Waals surface area contributed by atoms with Crippen LogP contribution in [0, 0.1) is 5.92 Å². The molecule has 0 radical (unpaired) electrons. The first kappa shape index (κ1) is 19.1. The molecule has 0 aromatic carbocycles. The van der Waals surface area contributed by atoms with E-state index in [0.717, 1.165) is 43.2 Å². The molecule has 1 aliphatic heterocycles. The number of hydrogen-bond acceptors (Lipinski definition) is 2. The van der Waals surface area contributed by atoms with Crippen LogP contribution in [0.1, 0.15) is 27.2 Å². The molecule has 3 nitrogen and oxygen atoms in total. The molecule has 112 valence electrons. The molecule has 1 unspecified atom stereocenters. The zero-order chi connectivity index (χ0) is 13.4. The third-order valence-electron chi connectivity index (χ3n) is 3.18. The Morgan fingerprint density at radius 2 is 2.26 bits per heavy atom. The second-order valence-corrected chi connectivity index (χ2v) is 6.28. The van der Waals surface area contributed by atoms with Crippen molar-refractivity contribution in [2.24, 2.45) is 10.9 Å². The number of guanidine groups is 1. The molecule has 1 aliphatic rings. The standard InChI is InChI=1S/C14H27N3S.HI/c1-5-6-7-8-16-14(15-4)17-9-10-18-13(11-17)12(2)3;/h5-6,12-13H,7-11H2,1-4H3,(H,15,16);1H/b6-5+;. The summed E-state index contributed by atoms with van der Waals surface area (Å²) in [5, 5.41) is 4.18. The lowest BCUT2D eigenvalue weighted by Crippen LogP contribution is -2.49. The molecule has 0 amide bonds. The molecule has 0 aliphatic carbocycles. The summed E-state index contributed by atoms with van der Waals surface area (Å²) < 4.78 is 0. The normalized spacial score (nSPS) is 20.8. The van der Waals surface area contributed by atoms with Gasteiger partial charge < -0.3 is 10.2 Å². The van der Waals surface area contributed by atoms with Gasteiger partial charge >= 0.3 is 0 Å². The lowest BCUT2D eigenvalue weighted by Gasteiger charge is -2.36. The average Bonchev–Trinajstić information content (AvgIpc) is 2.39. The number of nitrogens with one attached hydrogen (secondary N) is 1. The fourth-order valence-corrected chi connectivity index (χ4v) is 3.34. The molecule has 0 aromatic rings. The van der Waals surface area contributed by atoms with E-state index in [2.05, 4.69) is 59.9 Å². The molecule has 1 saturated heterocycles. The Morgan fingerprint density at radius 1 is 1.53 bits per heavy atom. The predicted octanol–water partition coefficient (Wildman–Crippen LogP) is 3.22. The Kier molecular flexibility index (Phi) is 10.9. The number of hydrogen-bond donors (Lipinski definition) is 1.